The molecule has 0 spiro atoms. The fourth-order valence-corrected chi connectivity index (χ4v) is 3.62. The number of benzene rings is 3. The maximum absolute atomic E-state index is 13.4. The Morgan fingerprint density at radius 3 is 2.34 bits per heavy atom. The second kappa shape index (κ2) is 9.26. The van der Waals surface area contributed by atoms with Crippen LogP contribution in [-0.2, 0) is 0 Å². The fraction of sp³-hybridized carbons (Fsp3) is 0.0400. The number of rotatable bonds is 5. The zero-order valence-electron chi connectivity index (χ0n) is 17.1. The van der Waals surface area contributed by atoms with Crippen molar-refractivity contribution in [3.8, 4) is 17.0 Å². The molecule has 1 aromatic heterocycles. The first-order valence-corrected chi connectivity index (χ1v) is 10.6. The van der Waals surface area contributed by atoms with Crippen LogP contribution in [0.15, 0.2) is 90.2 Å². The molecule has 1 heterocycles. The molecule has 0 aliphatic carbocycles. The Morgan fingerprint density at radius 1 is 1.00 bits per heavy atom. The van der Waals surface area contributed by atoms with E-state index in [4.69, 9.17) is 23.8 Å². The summed E-state index contributed by atoms with van der Waals surface area (Å²) in [6.45, 7) is 1.72. The Labute approximate surface area is 195 Å². The van der Waals surface area contributed by atoms with Crippen molar-refractivity contribution < 1.29 is 9.90 Å². The van der Waals surface area contributed by atoms with Gasteiger partial charge in [-0.25, -0.2) is 9.66 Å². The van der Waals surface area contributed by atoms with E-state index < -0.39 is 0 Å². The van der Waals surface area contributed by atoms with Gasteiger partial charge in [-0.05, 0) is 37.3 Å². The van der Waals surface area contributed by atoms with Gasteiger partial charge in [0.25, 0.3) is 0 Å². The van der Waals surface area contributed by atoms with Gasteiger partial charge in [0.05, 0.1) is 17.0 Å². The van der Waals surface area contributed by atoms with E-state index in [1.165, 1.54) is 10.7 Å². The predicted octanol–water partition coefficient (Wildman–Crippen LogP) is 6.14. The molecule has 32 heavy (non-hydrogen) atoms. The van der Waals surface area contributed by atoms with Gasteiger partial charge in [0.1, 0.15) is 5.75 Å². The standard InChI is InChI=1S/C25H18ClN3O2S/c1-16(20-14-19(26)12-13-22(20)30)28-29-15-21(24(31)18-10-6-3-7-11-18)23(27-25(29)32)17-8-4-2-5-9-17/h2-15,30H,1H3/b28-16+. The van der Waals surface area contributed by atoms with Crippen LogP contribution in [0.5, 0.6) is 5.75 Å². The van der Waals surface area contributed by atoms with Crippen LogP contribution in [0.1, 0.15) is 28.4 Å². The van der Waals surface area contributed by atoms with E-state index in [1.807, 2.05) is 48.5 Å². The zero-order valence-corrected chi connectivity index (χ0v) is 18.6. The topological polar surface area (TPSA) is 67.5 Å². The van der Waals surface area contributed by atoms with E-state index in [0.29, 0.717) is 33.1 Å². The van der Waals surface area contributed by atoms with Gasteiger partial charge in [-0.1, -0.05) is 72.3 Å². The minimum Gasteiger partial charge on any atom is -0.507 e. The first kappa shape index (κ1) is 21.6. The fourth-order valence-electron chi connectivity index (χ4n) is 3.26. The Hall–Kier alpha value is -3.61. The van der Waals surface area contributed by atoms with E-state index in [1.54, 1.807) is 37.4 Å². The van der Waals surface area contributed by atoms with Crippen LogP contribution < -0.4 is 0 Å². The molecular weight excluding hydrogens is 442 g/mol. The van der Waals surface area contributed by atoms with Crippen molar-refractivity contribution in [2.45, 2.75) is 6.92 Å². The lowest BCUT2D eigenvalue weighted by Crippen LogP contribution is -2.11. The molecule has 4 aromatic rings. The van der Waals surface area contributed by atoms with Gasteiger partial charge < -0.3 is 5.11 Å². The number of carbonyl (C=O) groups excluding carboxylic acids is 1. The van der Waals surface area contributed by atoms with Crippen LogP contribution in [0.2, 0.25) is 5.02 Å². The summed E-state index contributed by atoms with van der Waals surface area (Å²) in [5.41, 5.74) is 3.08. The average Bonchev–Trinajstić information content (AvgIpc) is 2.82. The summed E-state index contributed by atoms with van der Waals surface area (Å²) >= 11 is 11.5. The van der Waals surface area contributed by atoms with Crippen LogP contribution in [0, 0.1) is 4.77 Å². The van der Waals surface area contributed by atoms with Crippen LogP contribution in [0.4, 0.5) is 0 Å². The third kappa shape index (κ3) is 4.51. The molecule has 0 radical (unpaired) electrons. The third-order valence-corrected chi connectivity index (χ3v) is 5.36. The van der Waals surface area contributed by atoms with Crippen molar-refractivity contribution >= 4 is 35.3 Å². The molecule has 0 aliphatic heterocycles. The number of nitrogens with zero attached hydrogens (tertiary/aromatic N) is 3. The van der Waals surface area contributed by atoms with Gasteiger partial charge in [-0.15, -0.1) is 0 Å². The highest BCUT2D eigenvalue weighted by molar-refractivity contribution is 7.71. The predicted molar refractivity (Wildman–Crippen MR) is 129 cm³/mol. The van der Waals surface area contributed by atoms with Gasteiger partial charge in [-0.3, -0.25) is 4.79 Å². The molecule has 1 N–H and O–H groups in total. The number of aromatic nitrogens is 2. The normalized spacial score (nSPS) is 11.4. The summed E-state index contributed by atoms with van der Waals surface area (Å²) in [5.74, 6) is -0.157. The van der Waals surface area contributed by atoms with Gasteiger partial charge >= 0.3 is 0 Å². The van der Waals surface area contributed by atoms with E-state index in [9.17, 15) is 9.90 Å². The highest BCUT2D eigenvalue weighted by atomic mass is 35.5. The number of phenols is 1. The first-order chi connectivity index (χ1) is 15.4. The smallest absolute Gasteiger partial charge is 0.220 e. The van der Waals surface area contributed by atoms with Crippen LogP contribution >= 0.6 is 23.8 Å². The highest BCUT2D eigenvalue weighted by Gasteiger charge is 2.18. The van der Waals surface area contributed by atoms with Crippen molar-refractivity contribution in [2.24, 2.45) is 5.10 Å². The summed E-state index contributed by atoms with van der Waals surface area (Å²) in [4.78, 5) is 17.9. The Balaban J connectivity index is 1.89. The SMILES string of the molecule is C/C(=N\n1cc(C(=O)c2ccccc2)c(-c2ccccc2)nc1=S)c1cc(Cl)ccc1O. The molecule has 0 unspecified atom stereocenters. The maximum Gasteiger partial charge on any atom is 0.220 e. The lowest BCUT2D eigenvalue weighted by atomic mass is 9.99. The van der Waals surface area contributed by atoms with Crippen LogP contribution in [0.3, 0.4) is 0 Å². The van der Waals surface area contributed by atoms with Gasteiger partial charge in [-0.2, -0.15) is 5.10 Å². The number of hydrogen-bond donors (Lipinski definition) is 1. The number of aromatic hydroxyl groups is 1. The van der Waals surface area contributed by atoms with Crippen molar-refractivity contribution in [3.63, 3.8) is 0 Å². The molecule has 0 amide bonds. The molecule has 0 bridgehead atoms. The van der Waals surface area contributed by atoms with Crippen molar-refractivity contribution in [1.29, 1.82) is 0 Å². The van der Waals surface area contributed by atoms with Gasteiger partial charge in [0.2, 0.25) is 4.77 Å². The Bertz CT molecular complexity index is 1380. The quantitative estimate of drug-likeness (QED) is 0.221. The van der Waals surface area contributed by atoms with E-state index in [-0.39, 0.29) is 16.3 Å². The minimum atomic E-state index is -0.195. The minimum absolute atomic E-state index is 0.0385. The summed E-state index contributed by atoms with van der Waals surface area (Å²) in [5, 5.41) is 15.2. The Kier molecular flexibility index (Phi) is 6.25. The number of halogens is 1. The van der Waals surface area contributed by atoms with Crippen molar-refractivity contribution in [1.82, 2.24) is 9.66 Å². The number of carbonyl (C=O) groups is 1. The number of ketones is 1. The lowest BCUT2D eigenvalue weighted by Gasteiger charge is -2.12. The molecule has 0 saturated carbocycles. The molecule has 4 rings (SSSR count). The molecule has 0 fully saturated rings. The summed E-state index contributed by atoms with van der Waals surface area (Å²) in [7, 11) is 0. The molecular formula is C25H18ClN3O2S. The van der Waals surface area contributed by atoms with Crippen LogP contribution in [-0.4, -0.2) is 26.3 Å². The third-order valence-electron chi connectivity index (χ3n) is 4.84. The van der Waals surface area contributed by atoms with Gasteiger partial charge in [0.15, 0.2) is 5.78 Å². The summed E-state index contributed by atoms with van der Waals surface area (Å²) < 4.78 is 1.54. The average molecular weight is 460 g/mol. The molecule has 158 valence electrons. The molecule has 0 saturated heterocycles. The summed E-state index contributed by atoms with van der Waals surface area (Å²) in [6.07, 6.45) is 1.58. The second-order valence-corrected chi connectivity index (χ2v) is 7.84. The van der Waals surface area contributed by atoms with E-state index >= 15 is 0 Å². The number of hydrogen-bond acceptors (Lipinski definition) is 5. The van der Waals surface area contributed by atoms with Gasteiger partial charge in [0, 0.05) is 27.9 Å². The maximum atomic E-state index is 13.4. The second-order valence-electron chi connectivity index (χ2n) is 7.04. The Morgan fingerprint density at radius 2 is 1.66 bits per heavy atom. The highest BCUT2D eigenvalue weighted by Crippen LogP contribution is 2.25. The largest absolute Gasteiger partial charge is 0.507 e. The molecule has 3 aromatic carbocycles. The molecule has 7 heteroatoms. The van der Waals surface area contributed by atoms with E-state index in [0.717, 1.165) is 5.56 Å². The first-order valence-electron chi connectivity index (χ1n) is 9.77. The lowest BCUT2D eigenvalue weighted by molar-refractivity contribution is 0.103. The summed E-state index contributed by atoms with van der Waals surface area (Å²) in [6, 6.07) is 23.1. The molecule has 0 aliphatic rings. The van der Waals surface area contributed by atoms with E-state index in [2.05, 4.69) is 10.1 Å². The van der Waals surface area contributed by atoms with Crippen LogP contribution in [0.25, 0.3) is 11.3 Å². The monoisotopic (exact) mass is 459 g/mol. The number of phenolic OH excluding ortho intramolecular Hbond substituents is 1. The molecule has 0 atom stereocenters. The van der Waals surface area contributed by atoms with Crippen molar-refractivity contribution in [3.05, 3.63) is 112 Å². The molecule has 5 nitrogen and oxygen atoms in total. The van der Waals surface area contributed by atoms with Crippen molar-refractivity contribution in [2.75, 3.05) is 0 Å². The zero-order chi connectivity index (χ0) is 22.7.